The van der Waals surface area contributed by atoms with Crippen LogP contribution < -0.4 is 5.43 Å². The number of nitrogens with zero attached hydrogens (tertiary/aromatic N) is 1. The van der Waals surface area contributed by atoms with E-state index < -0.39 is 5.54 Å². The van der Waals surface area contributed by atoms with Gasteiger partial charge in [-0.2, -0.15) is 0 Å². The summed E-state index contributed by atoms with van der Waals surface area (Å²) in [6, 6.07) is 10.9. The Hall–Kier alpha value is -2.33. The first-order chi connectivity index (χ1) is 12.5. The van der Waals surface area contributed by atoms with Crippen molar-refractivity contribution in [1.29, 1.82) is 0 Å². The molecule has 2 amide bonds. The van der Waals surface area contributed by atoms with Crippen molar-refractivity contribution in [2.75, 3.05) is 0 Å². The van der Waals surface area contributed by atoms with E-state index in [1.54, 1.807) is 24.3 Å². The normalized spacial score (nSPS) is 11.2. The topological polar surface area (TPSA) is 49.4 Å². The fourth-order valence-corrected chi connectivity index (χ4v) is 2.89. The summed E-state index contributed by atoms with van der Waals surface area (Å²) in [6.07, 6.45) is 0.907. The van der Waals surface area contributed by atoms with E-state index >= 15 is 0 Å². The Morgan fingerprint density at radius 3 is 1.96 bits per heavy atom. The molecule has 0 atom stereocenters. The first kappa shape index (κ1) is 21.0. The molecule has 0 heterocycles. The summed E-state index contributed by atoms with van der Waals surface area (Å²) < 4.78 is 0. The van der Waals surface area contributed by atoms with Gasteiger partial charge in [0, 0.05) is 16.1 Å². The molecule has 27 heavy (non-hydrogen) atoms. The largest absolute Gasteiger partial charge is 0.272 e. The zero-order chi connectivity index (χ0) is 20.4. The summed E-state index contributed by atoms with van der Waals surface area (Å²) in [6.45, 7) is 11.4. The van der Waals surface area contributed by atoms with Crippen LogP contribution in [0.3, 0.4) is 0 Å². The molecular weight excluding hydrogens is 360 g/mol. The van der Waals surface area contributed by atoms with Crippen molar-refractivity contribution in [3.05, 3.63) is 69.2 Å². The van der Waals surface area contributed by atoms with Gasteiger partial charge in [-0.05, 0) is 82.0 Å². The van der Waals surface area contributed by atoms with Crippen LogP contribution >= 0.6 is 11.6 Å². The highest BCUT2D eigenvalue weighted by molar-refractivity contribution is 6.32. The van der Waals surface area contributed by atoms with Gasteiger partial charge in [-0.25, -0.2) is 5.01 Å². The first-order valence-electron chi connectivity index (χ1n) is 9.05. The average molecular weight is 387 g/mol. The number of hydrogen-bond acceptors (Lipinski definition) is 2. The molecule has 2 rings (SSSR count). The van der Waals surface area contributed by atoms with Gasteiger partial charge in [0.05, 0.1) is 5.54 Å². The molecule has 0 aliphatic rings. The smallest absolute Gasteiger partial charge is 0.267 e. The van der Waals surface area contributed by atoms with Gasteiger partial charge >= 0.3 is 0 Å². The van der Waals surface area contributed by atoms with E-state index in [0.717, 1.165) is 23.1 Å². The maximum Gasteiger partial charge on any atom is 0.272 e. The lowest BCUT2D eigenvalue weighted by Gasteiger charge is -2.35. The third-order valence-electron chi connectivity index (χ3n) is 4.40. The molecule has 0 saturated carbocycles. The number of hydrazine groups is 1. The van der Waals surface area contributed by atoms with Crippen LogP contribution in [0.2, 0.25) is 5.02 Å². The van der Waals surface area contributed by atoms with Crippen LogP contribution in [0, 0.1) is 13.8 Å². The van der Waals surface area contributed by atoms with Crippen LogP contribution in [0.5, 0.6) is 0 Å². The van der Waals surface area contributed by atoms with Gasteiger partial charge in [-0.3, -0.25) is 15.0 Å². The second-order valence-corrected chi connectivity index (χ2v) is 8.10. The summed E-state index contributed by atoms with van der Waals surface area (Å²) in [5, 5.41) is 2.03. The fourth-order valence-electron chi connectivity index (χ4n) is 2.78. The molecule has 0 aromatic heterocycles. The molecule has 0 bridgehead atoms. The number of aryl methyl sites for hydroxylation is 3. The minimum Gasteiger partial charge on any atom is -0.267 e. The summed E-state index contributed by atoms with van der Waals surface area (Å²) in [5.41, 5.74) is 5.99. The van der Waals surface area contributed by atoms with E-state index in [4.69, 9.17) is 11.6 Å². The second kappa shape index (κ2) is 8.13. The van der Waals surface area contributed by atoms with Crippen LogP contribution in [-0.4, -0.2) is 22.4 Å². The number of carbonyl (C=O) groups is 2. The van der Waals surface area contributed by atoms with Gasteiger partial charge in [0.15, 0.2) is 0 Å². The third-order valence-corrected chi connectivity index (χ3v) is 4.99. The number of hydrogen-bond donors (Lipinski definition) is 1. The van der Waals surface area contributed by atoms with Crippen molar-refractivity contribution >= 4 is 23.4 Å². The van der Waals surface area contributed by atoms with Crippen LogP contribution in [-0.2, 0) is 6.42 Å². The Morgan fingerprint density at radius 2 is 1.52 bits per heavy atom. The third kappa shape index (κ3) is 4.89. The van der Waals surface area contributed by atoms with E-state index in [2.05, 4.69) is 12.3 Å². The predicted octanol–water partition coefficient (Wildman–Crippen LogP) is 5.10. The lowest BCUT2D eigenvalue weighted by atomic mass is 10.0. The number of nitrogens with one attached hydrogen (secondary N) is 1. The van der Waals surface area contributed by atoms with Gasteiger partial charge in [-0.1, -0.05) is 30.7 Å². The molecule has 0 spiro atoms. The molecule has 0 radical (unpaired) electrons. The fraction of sp³-hybridized carbons (Fsp3) is 0.364. The molecule has 144 valence electrons. The Morgan fingerprint density at radius 1 is 1.00 bits per heavy atom. The molecule has 0 unspecified atom stereocenters. The minimum absolute atomic E-state index is 0.274. The number of carbonyl (C=O) groups excluding carboxylic acids is 2. The molecule has 0 aliphatic heterocycles. The zero-order valence-electron chi connectivity index (χ0n) is 16.8. The molecule has 0 aliphatic carbocycles. The highest BCUT2D eigenvalue weighted by Crippen LogP contribution is 2.24. The van der Waals surface area contributed by atoms with Gasteiger partial charge < -0.3 is 0 Å². The lowest BCUT2D eigenvalue weighted by Crippen LogP contribution is -2.55. The highest BCUT2D eigenvalue weighted by atomic mass is 35.5. The predicted molar refractivity (Wildman–Crippen MR) is 110 cm³/mol. The molecule has 0 fully saturated rings. The van der Waals surface area contributed by atoms with Crippen molar-refractivity contribution in [3.8, 4) is 0 Å². The monoisotopic (exact) mass is 386 g/mol. The van der Waals surface area contributed by atoms with Gasteiger partial charge in [0.25, 0.3) is 11.8 Å². The van der Waals surface area contributed by atoms with Gasteiger partial charge in [0.1, 0.15) is 0 Å². The van der Waals surface area contributed by atoms with Crippen LogP contribution in [0.15, 0.2) is 36.4 Å². The second-order valence-electron chi connectivity index (χ2n) is 7.73. The zero-order valence-corrected chi connectivity index (χ0v) is 17.6. The highest BCUT2D eigenvalue weighted by Gasteiger charge is 2.30. The SMILES string of the molecule is CCc1ccc(C(=O)NN(C(=O)c2cc(C)c(Cl)c(C)c2)C(C)(C)C)cc1. The number of halogens is 1. The van der Waals surface area contributed by atoms with Crippen molar-refractivity contribution in [2.45, 2.75) is 53.5 Å². The van der Waals surface area contributed by atoms with Gasteiger partial charge in [0.2, 0.25) is 0 Å². The maximum absolute atomic E-state index is 13.1. The summed E-state index contributed by atoms with van der Waals surface area (Å²) in [5.74, 6) is -0.591. The van der Waals surface area contributed by atoms with Crippen molar-refractivity contribution in [1.82, 2.24) is 10.4 Å². The van der Waals surface area contributed by atoms with E-state index in [1.165, 1.54) is 5.01 Å². The van der Waals surface area contributed by atoms with Crippen LogP contribution in [0.4, 0.5) is 0 Å². The van der Waals surface area contributed by atoms with Crippen molar-refractivity contribution in [2.24, 2.45) is 0 Å². The molecule has 4 nitrogen and oxygen atoms in total. The standard InChI is InChI=1S/C22H27ClN2O2/c1-7-16-8-10-17(11-9-16)20(26)24-25(22(4,5)6)21(27)18-12-14(2)19(23)15(3)13-18/h8-13H,7H2,1-6H3,(H,24,26). The molecule has 5 heteroatoms. The van der Waals surface area contributed by atoms with E-state index in [0.29, 0.717) is 16.1 Å². The number of benzene rings is 2. The Bertz CT molecular complexity index is 829. The Kier molecular flexibility index (Phi) is 6.32. The van der Waals surface area contributed by atoms with Crippen LogP contribution in [0.1, 0.15) is 65.1 Å². The lowest BCUT2D eigenvalue weighted by molar-refractivity contribution is 0.0358. The van der Waals surface area contributed by atoms with E-state index in [-0.39, 0.29) is 11.8 Å². The Balaban J connectivity index is 2.32. The average Bonchev–Trinajstić information content (AvgIpc) is 2.62. The minimum atomic E-state index is -0.600. The number of rotatable bonds is 3. The summed E-state index contributed by atoms with van der Waals surface area (Å²) in [7, 11) is 0. The van der Waals surface area contributed by atoms with Gasteiger partial charge in [-0.15, -0.1) is 0 Å². The maximum atomic E-state index is 13.1. The molecule has 1 N–H and O–H groups in total. The molecule has 2 aromatic rings. The van der Waals surface area contributed by atoms with E-state index in [9.17, 15) is 9.59 Å². The van der Waals surface area contributed by atoms with Crippen LogP contribution in [0.25, 0.3) is 0 Å². The van der Waals surface area contributed by atoms with Crippen molar-refractivity contribution in [3.63, 3.8) is 0 Å². The summed E-state index contributed by atoms with van der Waals surface area (Å²) in [4.78, 5) is 25.8. The Labute approximate surface area is 166 Å². The molecular formula is C22H27ClN2O2. The molecule has 0 saturated heterocycles. The van der Waals surface area contributed by atoms with E-state index in [1.807, 2.05) is 46.8 Å². The number of amides is 2. The summed E-state index contributed by atoms with van der Waals surface area (Å²) >= 11 is 6.22. The first-order valence-corrected chi connectivity index (χ1v) is 9.43. The molecule has 2 aromatic carbocycles. The van der Waals surface area contributed by atoms with Crippen molar-refractivity contribution < 1.29 is 9.59 Å². The quantitative estimate of drug-likeness (QED) is 0.745.